The molecule has 0 bridgehead atoms. The lowest BCUT2D eigenvalue weighted by atomic mass is 10.1. The molecular formula is C12H16FNO2. The third-order valence-electron chi connectivity index (χ3n) is 2.25. The number of carbonyl (C=O) groups is 1. The molecule has 0 amide bonds. The van der Waals surface area contributed by atoms with Gasteiger partial charge < -0.3 is 10.5 Å². The lowest BCUT2D eigenvalue weighted by molar-refractivity contribution is -0.143. The summed E-state index contributed by atoms with van der Waals surface area (Å²) in [5.41, 5.74) is 6.76. The van der Waals surface area contributed by atoms with E-state index in [0.717, 1.165) is 5.56 Å². The lowest BCUT2D eigenvalue weighted by Gasteiger charge is -2.05. The van der Waals surface area contributed by atoms with E-state index in [1.165, 1.54) is 6.07 Å². The second-order valence-corrected chi connectivity index (χ2v) is 3.43. The summed E-state index contributed by atoms with van der Waals surface area (Å²) >= 11 is 0. The Hall–Kier alpha value is -1.42. The third kappa shape index (κ3) is 3.62. The molecule has 88 valence electrons. The highest BCUT2D eigenvalue weighted by atomic mass is 19.1. The number of nitrogens with two attached hydrogens (primary N) is 1. The summed E-state index contributed by atoms with van der Waals surface area (Å²) < 4.78 is 17.9. The zero-order valence-corrected chi connectivity index (χ0v) is 9.33. The first kappa shape index (κ1) is 12.6. The molecule has 0 heterocycles. The molecular weight excluding hydrogens is 209 g/mol. The van der Waals surface area contributed by atoms with Crippen LogP contribution in [0.4, 0.5) is 4.39 Å². The number of hydrogen-bond donors (Lipinski definition) is 1. The maximum atomic E-state index is 13.1. The van der Waals surface area contributed by atoms with Crippen LogP contribution in [0.15, 0.2) is 18.2 Å². The van der Waals surface area contributed by atoms with Gasteiger partial charge in [0.05, 0.1) is 6.61 Å². The number of esters is 1. The van der Waals surface area contributed by atoms with Crippen molar-refractivity contribution >= 4 is 5.97 Å². The van der Waals surface area contributed by atoms with E-state index in [1.807, 2.05) is 0 Å². The lowest BCUT2D eigenvalue weighted by Crippen LogP contribution is -2.06. The summed E-state index contributed by atoms with van der Waals surface area (Å²) in [5.74, 6) is -0.538. The number of aryl methyl sites for hydroxylation is 1. The van der Waals surface area contributed by atoms with Gasteiger partial charge in [-0.2, -0.15) is 0 Å². The van der Waals surface area contributed by atoms with E-state index in [2.05, 4.69) is 0 Å². The molecule has 0 fully saturated rings. The van der Waals surface area contributed by atoms with Crippen LogP contribution in [-0.4, -0.2) is 12.6 Å². The van der Waals surface area contributed by atoms with Gasteiger partial charge in [-0.1, -0.05) is 12.1 Å². The Labute approximate surface area is 94.4 Å². The van der Waals surface area contributed by atoms with E-state index in [1.54, 1.807) is 19.1 Å². The molecule has 0 aromatic heterocycles. The quantitative estimate of drug-likeness (QED) is 0.777. The van der Waals surface area contributed by atoms with Gasteiger partial charge in [0, 0.05) is 18.5 Å². The third-order valence-corrected chi connectivity index (χ3v) is 2.25. The number of benzene rings is 1. The van der Waals surface area contributed by atoms with Crippen molar-refractivity contribution in [2.75, 3.05) is 6.61 Å². The molecule has 0 spiro atoms. The maximum Gasteiger partial charge on any atom is 0.306 e. The van der Waals surface area contributed by atoms with Gasteiger partial charge in [0.25, 0.3) is 0 Å². The van der Waals surface area contributed by atoms with Crippen molar-refractivity contribution in [2.24, 2.45) is 5.73 Å². The minimum atomic E-state index is -0.303. The van der Waals surface area contributed by atoms with Crippen LogP contribution in [0.5, 0.6) is 0 Å². The van der Waals surface area contributed by atoms with Crippen molar-refractivity contribution in [1.29, 1.82) is 0 Å². The van der Waals surface area contributed by atoms with Crippen molar-refractivity contribution in [3.8, 4) is 0 Å². The molecule has 0 aliphatic rings. The molecule has 3 nitrogen and oxygen atoms in total. The van der Waals surface area contributed by atoms with Gasteiger partial charge in [0.2, 0.25) is 0 Å². The molecule has 1 rings (SSSR count). The van der Waals surface area contributed by atoms with Crippen molar-refractivity contribution in [2.45, 2.75) is 26.3 Å². The zero-order chi connectivity index (χ0) is 12.0. The van der Waals surface area contributed by atoms with E-state index in [9.17, 15) is 9.18 Å². The molecule has 4 heteroatoms. The van der Waals surface area contributed by atoms with Gasteiger partial charge in [0.15, 0.2) is 0 Å². The van der Waals surface area contributed by atoms with Crippen LogP contribution >= 0.6 is 0 Å². The molecule has 1 aromatic rings. The highest BCUT2D eigenvalue weighted by Gasteiger charge is 2.05. The van der Waals surface area contributed by atoms with Gasteiger partial charge in [0.1, 0.15) is 5.82 Å². The van der Waals surface area contributed by atoms with E-state index in [0.29, 0.717) is 25.0 Å². The summed E-state index contributed by atoms with van der Waals surface area (Å²) in [4.78, 5) is 11.1. The smallest absolute Gasteiger partial charge is 0.306 e. The topological polar surface area (TPSA) is 52.3 Å². The van der Waals surface area contributed by atoms with Crippen LogP contribution in [0.25, 0.3) is 0 Å². The Morgan fingerprint density at radius 2 is 2.25 bits per heavy atom. The highest BCUT2D eigenvalue weighted by Crippen LogP contribution is 2.11. The number of halogens is 1. The summed E-state index contributed by atoms with van der Waals surface area (Å²) in [7, 11) is 0. The van der Waals surface area contributed by atoms with Gasteiger partial charge in [-0.25, -0.2) is 4.39 Å². The predicted octanol–water partition coefficient (Wildman–Crippen LogP) is 1.78. The standard InChI is InChI=1S/C12H16FNO2/c1-2-16-12(15)6-4-9-3-5-11(13)10(7-9)8-14/h3,5,7H,2,4,6,8,14H2,1H3. The average Bonchev–Trinajstić information content (AvgIpc) is 2.28. The number of ether oxygens (including phenoxy) is 1. The van der Waals surface area contributed by atoms with Crippen molar-refractivity contribution < 1.29 is 13.9 Å². The van der Waals surface area contributed by atoms with Gasteiger partial charge in [-0.15, -0.1) is 0 Å². The highest BCUT2D eigenvalue weighted by molar-refractivity contribution is 5.69. The molecule has 0 saturated carbocycles. The zero-order valence-electron chi connectivity index (χ0n) is 9.33. The average molecular weight is 225 g/mol. The number of carbonyl (C=O) groups excluding carboxylic acids is 1. The van der Waals surface area contributed by atoms with Crippen molar-refractivity contribution in [3.63, 3.8) is 0 Å². The van der Waals surface area contributed by atoms with E-state index in [4.69, 9.17) is 10.5 Å². The first-order valence-electron chi connectivity index (χ1n) is 5.30. The van der Waals surface area contributed by atoms with Crippen LogP contribution in [0.1, 0.15) is 24.5 Å². The first-order chi connectivity index (χ1) is 7.67. The van der Waals surface area contributed by atoms with Crippen LogP contribution in [0.3, 0.4) is 0 Å². The van der Waals surface area contributed by atoms with E-state index < -0.39 is 0 Å². The number of rotatable bonds is 5. The van der Waals surface area contributed by atoms with Crippen LogP contribution in [0.2, 0.25) is 0 Å². The van der Waals surface area contributed by atoms with E-state index >= 15 is 0 Å². The molecule has 0 atom stereocenters. The summed E-state index contributed by atoms with van der Waals surface area (Å²) in [6.45, 7) is 2.32. The second-order valence-electron chi connectivity index (χ2n) is 3.43. The molecule has 2 N–H and O–H groups in total. The monoisotopic (exact) mass is 225 g/mol. The molecule has 0 aliphatic carbocycles. The molecule has 0 unspecified atom stereocenters. The van der Waals surface area contributed by atoms with Crippen LogP contribution in [0, 0.1) is 5.82 Å². The summed E-state index contributed by atoms with van der Waals surface area (Å²) in [6, 6.07) is 4.73. The Balaban J connectivity index is 2.57. The number of hydrogen-bond acceptors (Lipinski definition) is 3. The molecule has 16 heavy (non-hydrogen) atoms. The van der Waals surface area contributed by atoms with Gasteiger partial charge >= 0.3 is 5.97 Å². The SMILES string of the molecule is CCOC(=O)CCc1ccc(F)c(CN)c1. The fourth-order valence-electron chi connectivity index (χ4n) is 1.42. The normalized spacial score (nSPS) is 10.2. The molecule has 0 saturated heterocycles. The second kappa shape index (κ2) is 6.23. The Bertz CT molecular complexity index is 366. The minimum Gasteiger partial charge on any atom is -0.466 e. The Morgan fingerprint density at radius 1 is 1.50 bits per heavy atom. The van der Waals surface area contributed by atoms with Crippen molar-refractivity contribution in [3.05, 3.63) is 35.1 Å². The van der Waals surface area contributed by atoms with Crippen molar-refractivity contribution in [1.82, 2.24) is 0 Å². The minimum absolute atomic E-state index is 0.166. The Morgan fingerprint density at radius 3 is 2.88 bits per heavy atom. The first-order valence-corrected chi connectivity index (χ1v) is 5.30. The fraction of sp³-hybridized carbons (Fsp3) is 0.417. The molecule has 1 aromatic carbocycles. The van der Waals surface area contributed by atoms with E-state index in [-0.39, 0.29) is 18.3 Å². The largest absolute Gasteiger partial charge is 0.466 e. The Kier molecular flexibility index (Phi) is 4.92. The van der Waals surface area contributed by atoms with Gasteiger partial charge in [-0.3, -0.25) is 4.79 Å². The molecule has 0 radical (unpaired) electrons. The summed E-state index contributed by atoms with van der Waals surface area (Å²) in [6.07, 6.45) is 0.857. The molecule has 0 aliphatic heterocycles. The van der Waals surface area contributed by atoms with Crippen LogP contribution < -0.4 is 5.73 Å². The van der Waals surface area contributed by atoms with Crippen LogP contribution in [-0.2, 0) is 22.5 Å². The fourth-order valence-corrected chi connectivity index (χ4v) is 1.42. The van der Waals surface area contributed by atoms with Gasteiger partial charge in [-0.05, 0) is 25.0 Å². The predicted molar refractivity (Wildman–Crippen MR) is 59.2 cm³/mol. The maximum absolute atomic E-state index is 13.1. The summed E-state index contributed by atoms with van der Waals surface area (Å²) in [5, 5.41) is 0.